The molecule has 0 aromatic rings. The molecule has 0 spiro atoms. The number of imide groups is 3. The fourth-order valence-electron chi connectivity index (χ4n) is 5.57. The molecule has 3 aliphatic rings. The summed E-state index contributed by atoms with van der Waals surface area (Å²) in [6.45, 7) is 22.0. The number of carbonyl (C=O) groups is 9. The second kappa shape index (κ2) is 18.2. The monoisotopic (exact) mass is 785 g/mol. The molecule has 0 saturated carbocycles. The van der Waals surface area contributed by atoms with Crippen molar-refractivity contribution in [2.24, 2.45) is 17.3 Å². The number of ether oxygens (including phenoxy) is 6. The Morgan fingerprint density at radius 3 is 1.07 bits per heavy atom. The first-order valence-corrected chi connectivity index (χ1v) is 17.8. The van der Waals surface area contributed by atoms with Gasteiger partial charge in [-0.15, -0.1) is 0 Å². The fraction of sp³-hybridized carbons (Fsp3) is 0.757. The summed E-state index contributed by atoms with van der Waals surface area (Å²) in [6.07, 6.45) is -1.63. The zero-order valence-electron chi connectivity index (χ0n) is 35.0. The highest BCUT2D eigenvalue weighted by Crippen LogP contribution is 2.37. The molecule has 0 aromatic carbocycles. The first kappa shape index (κ1) is 48.2. The largest absolute Gasteiger partial charge is 0.467 e. The SMILES string of the molecule is COC(=O)[C@@H]1CC(C)(C)C(=O)N1C(=O)OC(C)(C)C.COC(=O)[C@@H]1C[C@@H](C)C(=O)N1C(=O)OC(C)(C)C.COC(=O)[C@@H]1C[C@H](C)C(=O)N1C(=O)OC(C)(C)C. The fourth-order valence-corrected chi connectivity index (χ4v) is 5.57. The number of hydrogen-bond acceptors (Lipinski definition) is 15. The smallest absolute Gasteiger partial charge is 0.417 e. The summed E-state index contributed by atoms with van der Waals surface area (Å²) in [5.74, 6) is -3.80. The number of hydrogen-bond donors (Lipinski definition) is 0. The summed E-state index contributed by atoms with van der Waals surface area (Å²) >= 11 is 0. The van der Waals surface area contributed by atoms with Gasteiger partial charge in [-0.25, -0.2) is 43.5 Å². The Kier molecular flexibility index (Phi) is 16.0. The minimum Gasteiger partial charge on any atom is -0.467 e. The molecule has 55 heavy (non-hydrogen) atoms. The lowest BCUT2D eigenvalue weighted by Gasteiger charge is -2.26. The highest BCUT2D eigenvalue weighted by atomic mass is 16.6. The summed E-state index contributed by atoms with van der Waals surface area (Å²) in [7, 11) is 3.68. The Labute approximate surface area is 322 Å². The standard InChI is InChI=1S/C13H21NO5.2C12H19NO5/c1-12(2,3)19-11(17)14-8(9(15)18-6)7-13(4,5)10(14)16;2*1-7-6-8(10(15)17-5)13(9(7)14)11(16)18-12(2,3)4/h8H,7H2,1-6H3;2*7-8H,6H2,1-5H3/t8-;7-,8+;7-,8-/m010/s1. The summed E-state index contributed by atoms with van der Waals surface area (Å²) in [5.41, 5.74) is -2.95. The van der Waals surface area contributed by atoms with Crippen molar-refractivity contribution in [1.82, 2.24) is 14.7 Å². The molecule has 18 nitrogen and oxygen atoms in total. The maximum Gasteiger partial charge on any atom is 0.417 e. The topological polar surface area (TPSA) is 219 Å². The summed E-state index contributed by atoms with van der Waals surface area (Å²) in [6, 6.07) is -2.68. The molecule has 0 bridgehead atoms. The van der Waals surface area contributed by atoms with Crippen molar-refractivity contribution in [1.29, 1.82) is 0 Å². The van der Waals surface area contributed by atoms with E-state index in [2.05, 4.69) is 14.2 Å². The van der Waals surface area contributed by atoms with E-state index < -0.39 is 94.3 Å². The van der Waals surface area contributed by atoms with Crippen molar-refractivity contribution < 1.29 is 71.6 Å². The number of esters is 3. The average molecular weight is 786 g/mol. The van der Waals surface area contributed by atoms with Gasteiger partial charge in [0.2, 0.25) is 17.7 Å². The first-order valence-electron chi connectivity index (χ1n) is 17.8. The van der Waals surface area contributed by atoms with Gasteiger partial charge in [0, 0.05) is 17.3 Å². The zero-order valence-corrected chi connectivity index (χ0v) is 35.0. The van der Waals surface area contributed by atoms with Crippen molar-refractivity contribution in [2.45, 2.75) is 144 Å². The van der Waals surface area contributed by atoms with Crippen LogP contribution in [-0.2, 0) is 57.2 Å². The first-order chi connectivity index (χ1) is 24.8. The molecule has 0 unspecified atom stereocenters. The number of nitrogens with zero attached hydrogens (tertiary/aromatic N) is 3. The highest BCUT2D eigenvalue weighted by Gasteiger charge is 2.53. The molecule has 0 radical (unpaired) electrons. The molecule has 6 amide bonds. The van der Waals surface area contributed by atoms with Crippen molar-refractivity contribution in [2.75, 3.05) is 21.3 Å². The van der Waals surface area contributed by atoms with Gasteiger partial charge in [0.1, 0.15) is 34.9 Å². The molecule has 0 aliphatic carbocycles. The van der Waals surface area contributed by atoms with Gasteiger partial charge in [-0.2, -0.15) is 0 Å². The second-order valence-electron chi connectivity index (χ2n) is 17.0. The summed E-state index contributed by atoms with van der Waals surface area (Å²) in [4.78, 5) is 109. The van der Waals surface area contributed by atoms with Gasteiger partial charge in [-0.1, -0.05) is 27.7 Å². The van der Waals surface area contributed by atoms with E-state index in [-0.39, 0.29) is 31.1 Å². The molecule has 3 fully saturated rings. The molecule has 0 N–H and O–H groups in total. The molecule has 5 atom stereocenters. The lowest BCUT2D eigenvalue weighted by Crippen LogP contribution is -2.46. The third kappa shape index (κ3) is 13.2. The normalized spacial score (nSPS) is 23.5. The van der Waals surface area contributed by atoms with Crippen LogP contribution in [0.1, 0.15) is 109 Å². The molecular weight excluding hydrogens is 726 g/mol. The summed E-state index contributed by atoms with van der Waals surface area (Å²) in [5, 5.41) is 0. The van der Waals surface area contributed by atoms with Gasteiger partial charge in [0.15, 0.2) is 0 Å². The van der Waals surface area contributed by atoms with Gasteiger partial charge in [-0.05, 0) is 81.6 Å². The van der Waals surface area contributed by atoms with Crippen molar-refractivity contribution in [3.8, 4) is 0 Å². The van der Waals surface area contributed by atoms with E-state index in [4.69, 9.17) is 14.2 Å². The molecule has 312 valence electrons. The molecule has 3 rings (SSSR count). The van der Waals surface area contributed by atoms with Crippen LogP contribution in [0.15, 0.2) is 0 Å². The van der Waals surface area contributed by atoms with E-state index >= 15 is 0 Å². The van der Waals surface area contributed by atoms with Gasteiger partial charge in [-0.3, -0.25) is 14.4 Å². The highest BCUT2D eigenvalue weighted by molar-refractivity contribution is 6.03. The predicted octanol–water partition coefficient (Wildman–Crippen LogP) is 4.38. The minimum atomic E-state index is -0.914. The van der Waals surface area contributed by atoms with Crippen LogP contribution in [0.5, 0.6) is 0 Å². The average Bonchev–Trinajstić information content (AvgIpc) is 3.60. The second-order valence-corrected chi connectivity index (χ2v) is 17.0. The van der Waals surface area contributed by atoms with Crippen molar-refractivity contribution in [3.63, 3.8) is 0 Å². The van der Waals surface area contributed by atoms with Crippen LogP contribution in [0.25, 0.3) is 0 Å². The molecule has 3 aliphatic heterocycles. The Balaban J connectivity index is 0.000000413. The lowest BCUT2D eigenvalue weighted by molar-refractivity contribution is -0.149. The number of methoxy groups -OCH3 is 3. The molecule has 18 heteroatoms. The zero-order chi connectivity index (χ0) is 43.2. The molecule has 3 saturated heterocycles. The Bertz CT molecular complexity index is 1430. The Morgan fingerprint density at radius 1 is 0.527 bits per heavy atom. The van der Waals surface area contributed by atoms with Crippen LogP contribution in [0.2, 0.25) is 0 Å². The minimum absolute atomic E-state index is 0.234. The molecule has 3 heterocycles. The van der Waals surface area contributed by atoms with Crippen LogP contribution in [0.3, 0.4) is 0 Å². The molecular formula is C37H59N3O15. The number of carbonyl (C=O) groups excluding carboxylic acids is 9. The van der Waals surface area contributed by atoms with Crippen molar-refractivity contribution in [3.05, 3.63) is 0 Å². The Morgan fingerprint density at radius 2 is 0.800 bits per heavy atom. The maximum absolute atomic E-state index is 12.2. The lowest BCUT2D eigenvalue weighted by atomic mass is 9.90. The number of rotatable bonds is 3. The number of amides is 6. The van der Waals surface area contributed by atoms with E-state index in [1.165, 1.54) is 21.3 Å². The maximum atomic E-state index is 12.2. The van der Waals surface area contributed by atoms with Gasteiger partial charge >= 0.3 is 36.2 Å². The quantitative estimate of drug-likeness (QED) is 0.286. The predicted molar refractivity (Wildman–Crippen MR) is 193 cm³/mol. The van der Waals surface area contributed by atoms with E-state index in [0.29, 0.717) is 0 Å². The third-order valence-corrected chi connectivity index (χ3v) is 8.10. The van der Waals surface area contributed by atoms with Crippen LogP contribution < -0.4 is 0 Å². The third-order valence-electron chi connectivity index (χ3n) is 8.10. The van der Waals surface area contributed by atoms with Crippen LogP contribution in [0.4, 0.5) is 14.4 Å². The van der Waals surface area contributed by atoms with Crippen LogP contribution in [0, 0.1) is 17.3 Å². The van der Waals surface area contributed by atoms with Crippen LogP contribution in [-0.4, -0.2) is 125 Å². The molecule has 0 aromatic heterocycles. The van der Waals surface area contributed by atoms with E-state index in [1.807, 2.05) is 0 Å². The number of likely N-dealkylation sites (tertiary alicyclic amines) is 3. The van der Waals surface area contributed by atoms with Gasteiger partial charge < -0.3 is 28.4 Å². The van der Waals surface area contributed by atoms with Crippen LogP contribution >= 0.6 is 0 Å². The Hall–Kier alpha value is -4.77. The van der Waals surface area contributed by atoms with Gasteiger partial charge in [0.05, 0.1) is 21.3 Å². The van der Waals surface area contributed by atoms with E-state index in [9.17, 15) is 43.2 Å². The van der Waals surface area contributed by atoms with E-state index in [1.54, 1.807) is 90.0 Å². The van der Waals surface area contributed by atoms with Crippen molar-refractivity contribution >= 4 is 53.9 Å². The van der Waals surface area contributed by atoms with Gasteiger partial charge in [0.25, 0.3) is 0 Å². The van der Waals surface area contributed by atoms with E-state index in [0.717, 1.165) is 14.7 Å². The summed E-state index contributed by atoms with van der Waals surface area (Å²) < 4.78 is 29.3.